The standard InChI is InChI=1S/C15H9BrN2O4/c1-8-6-9(18(21)22)7-12(16)13(8)17-14(19)10-4-2-3-5-11(10)15(17)20/h2-7H,1H3. The van der Waals surface area contributed by atoms with Gasteiger partial charge < -0.3 is 0 Å². The van der Waals surface area contributed by atoms with Crippen molar-refractivity contribution < 1.29 is 14.5 Å². The van der Waals surface area contributed by atoms with Gasteiger partial charge in [0.15, 0.2) is 0 Å². The Morgan fingerprint density at radius 3 is 2.09 bits per heavy atom. The van der Waals surface area contributed by atoms with E-state index in [1.807, 2.05) is 0 Å². The summed E-state index contributed by atoms with van der Waals surface area (Å²) < 4.78 is 0.328. The number of nitrogens with zero attached hydrogens (tertiary/aromatic N) is 2. The largest absolute Gasteiger partial charge is 0.270 e. The van der Waals surface area contributed by atoms with Crippen LogP contribution in [0, 0.1) is 17.0 Å². The van der Waals surface area contributed by atoms with Crippen LogP contribution in [0.4, 0.5) is 11.4 Å². The Morgan fingerprint density at radius 1 is 1.09 bits per heavy atom. The third-order valence-electron chi connectivity index (χ3n) is 3.47. The fraction of sp³-hybridized carbons (Fsp3) is 0.0667. The van der Waals surface area contributed by atoms with Gasteiger partial charge in [0.05, 0.1) is 21.7 Å². The lowest BCUT2D eigenvalue weighted by Crippen LogP contribution is -2.30. The number of nitro groups is 1. The Bertz CT molecular complexity index is 789. The maximum absolute atomic E-state index is 12.5. The van der Waals surface area contributed by atoms with Gasteiger partial charge in [0.25, 0.3) is 17.5 Å². The van der Waals surface area contributed by atoms with Crippen molar-refractivity contribution >= 4 is 39.1 Å². The van der Waals surface area contributed by atoms with E-state index in [0.717, 1.165) is 4.90 Å². The first-order valence-electron chi connectivity index (χ1n) is 6.34. The predicted molar refractivity (Wildman–Crippen MR) is 83.1 cm³/mol. The number of fused-ring (bicyclic) bond motifs is 1. The average molecular weight is 361 g/mol. The number of rotatable bonds is 2. The molecule has 0 saturated carbocycles. The second kappa shape index (κ2) is 5.03. The number of nitro benzene ring substituents is 1. The van der Waals surface area contributed by atoms with Gasteiger partial charge in [-0.05, 0) is 40.5 Å². The highest BCUT2D eigenvalue weighted by molar-refractivity contribution is 9.10. The molecule has 2 aromatic rings. The van der Waals surface area contributed by atoms with E-state index in [-0.39, 0.29) is 5.69 Å². The number of benzene rings is 2. The SMILES string of the molecule is Cc1cc([N+](=O)[O-])cc(Br)c1N1C(=O)c2ccccc2C1=O. The van der Waals surface area contributed by atoms with Crippen molar-refractivity contribution in [3.8, 4) is 0 Å². The maximum Gasteiger partial charge on any atom is 0.270 e. The maximum atomic E-state index is 12.5. The van der Waals surface area contributed by atoms with Crippen molar-refractivity contribution in [1.82, 2.24) is 0 Å². The van der Waals surface area contributed by atoms with E-state index >= 15 is 0 Å². The van der Waals surface area contributed by atoms with Gasteiger partial charge in [0.1, 0.15) is 0 Å². The van der Waals surface area contributed by atoms with Crippen molar-refractivity contribution in [2.45, 2.75) is 6.92 Å². The first-order valence-corrected chi connectivity index (χ1v) is 7.13. The number of amides is 2. The van der Waals surface area contributed by atoms with Gasteiger partial charge in [-0.2, -0.15) is 0 Å². The summed E-state index contributed by atoms with van der Waals surface area (Å²) in [5, 5.41) is 10.9. The lowest BCUT2D eigenvalue weighted by atomic mass is 10.1. The van der Waals surface area contributed by atoms with E-state index in [1.165, 1.54) is 12.1 Å². The van der Waals surface area contributed by atoms with Crippen molar-refractivity contribution in [3.63, 3.8) is 0 Å². The number of halogens is 1. The van der Waals surface area contributed by atoms with E-state index in [4.69, 9.17) is 0 Å². The van der Waals surface area contributed by atoms with Gasteiger partial charge in [0, 0.05) is 16.6 Å². The summed E-state index contributed by atoms with van der Waals surface area (Å²) in [7, 11) is 0. The quantitative estimate of drug-likeness (QED) is 0.466. The number of carbonyl (C=O) groups is 2. The molecule has 3 rings (SSSR count). The molecule has 110 valence electrons. The fourth-order valence-corrected chi connectivity index (χ4v) is 3.22. The highest BCUT2D eigenvalue weighted by Gasteiger charge is 2.38. The van der Waals surface area contributed by atoms with Crippen LogP contribution in [0.2, 0.25) is 0 Å². The van der Waals surface area contributed by atoms with Gasteiger partial charge in [-0.1, -0.05) is 12.1 Å². The van der Waals surface area contributed by atoms with E-state index < -0.39 is 16.7 Å². The summed E-state index contributed by atoms with van der Waals surface area (Å²) in [6.07, 6.45) is 0. The second-order valence-corrected chi connectivity index (χ2v) is 5.70. The summed E-state index contributed by atoms with van der Waals surface area (Å²) in [5.74, 6) is -0.864. The minimum Gasteiger partial charge on any atom is -0.268 e. The zero-order valence-electron chi connectivity index (χ0n) is 11.4. The smallest absolute Gasteiger partial charge is 0.268 e. The third-order valence-corrected chi connectivity index (χ3v) is 4.07. The number of anilines is 1. The van der Waals surface area contributed by atoms with E-state index in [2.05, 4.69) is 15.9 Å². The van der Waals surface area contributed by atoms with Crippen LogP contribution >= 0.6 is 15.9 Å². The van der Waals surface area contributed by atoms with Crippen LogP contribution in [0.15, 0.2) is 40.9 Å². The first-order chi connectivity index (χ1) is 10.4. The lowest BCUT2D eigenvalue weighted by Gasteiger charge is -2.18. The Balaban J connectivity index is 2.16. The molecule has 1 aliphatic rings. The zero-order chi connectivity index (χ0) is 16.0. The Hall–Kier alpha value is -2.54. The highest BCUT2D eigenvalue weighted by Crippen LogP contribution is 2.38. The molecule has 0 unspecified atom stereocenters. The summed E-state index contributed by atoms with van der Waals surface area (Å²) >= 11 is 3.23. The van der Waals surface area contributed by atoms with Crippen LogP contribution in [0.5, 0.6) is 0 Å². The molecule has 1 heterocycles. The minimum atomic E-state index is -0.524. The van der Waals surface area contributed by atoms with Crippen LogP contribution in [0.25, 0.3) is 0 Å². The number of carbonyl (C=O) groups excluding carboxylic acids is 2. The molecule has 0 saturated heterocycles. The molecule has 7 heteroatoms. The molecule has 0 radical (unpaired) electrons. The molecule has 0 aromatic heterocycles. The molecule has 0 bridgehead atoms. The van der Waals surface area contributed by atoms with Crippen LogP contribution in [0.1, 0.15) is 26.3 Å². The van der Waals surface area contributed by atoms with E-state index in [0.29, 0.717) is 26.9 Å². The molecular weight excluding hydrogens is 352 g/mol. The second-order valence-electron chi connectivity index (χ2n) is 4.84. The van der Waals surface area contributed by atoms with Gasteiger partial charge in [-0.3, -0.25) is 19.7 Å². The Kier molecular flexibility index (Phi) is 3.29. The molecule has 0 fully saturated rings. The first kappa shape index (κ1) is 14.4. The lowest BCUT2D eigenvalue weighted by molar-refractivity contribution is -0.385. The van der Waals surface area contributed by atoms with Crippen LogP contribution in [0.3, 0.4) is 0 Å². The van der Waals surface area contributed by atoms with Crippen molar-refractivity contribution in [2.24, 2.45) is 0 Å². The van der Waals surface area contributed by atoms with E-state index in [9.17, 15) is 19.7 Å². The zero-order valence-corrected chi connectivity index (χ0v) is 13.0. The van der Waals surface area contributed by atoms with Gasteiger partial charge in [0.2, 0.25) is 0 Å². The monoisotopic (exact) mass is 360 g/mol. The number of non-ortho nitro benzene ring substituents is 1. The molecule has 0 atom stereocenters. The number of aryl methyl sites for hydroxylation is 1. The Labute approximate surface area is 133 Å². The Morgan fingerprint density at radius 2 is 1.64 bits per heavy atom. The molecule has 2 amide bonds. The van der Waals surface area contributed by atoms with Crippen molar-refractivity contribution in [2.75, 3.05) is 4.90 Å². The number of imide groups is 1. The summed E-state index contributed by atoms with van der Waals surface area (Å²) in [5.41, 5.74) is 1.35. The van der Waals surface area contributed by atoms with Gasteiger partial charge in [-0.25, -0.2) is 4.90 Å². The number of hydrogen-bond acceptors (Lipinski definition) is 4. The molecule has 22 heavy (non-hydrogen) atoms. The average Bonchev–Trinajstić information content (AvgIpc) is 2.72. The molecule has 0 spiro atoms. The van der Waals surface area contributed by atoms with Gasteiger partial charge >= 0.3 is 0 Å². The predicted octanol–water partition coefficient (Wildman–Crippen LogP) is 3.47. The van der Waals surface area contributed by atoms with Crippen LogP contribution in [-0.4, -0.2) is 16.7 Å². The van der Waals surface area contributed by atoms with Crippen molar-refractivity contribution in [3.05, 3.63) is 67.7 Å². The molecule has 0 aliphatic carbocycles. The molecule has 0 N–H and O–H groups in total. The number of hydrogen-bond donors (Lipinski definition) is 0. The highest BCUT2D eigenvalue weighted by atomic mass is 79.9. The third kappa shape index (κ3) is 2.01. The van der Waals surface area contributed by atoms with Crippen molar-refractivity contribution in [1.29, 1.82) is 0 Å². The molecule has 1 aliphatic heterocycles. The van der Waals surface area contributed by atoms with Gasteiger partial charge in [-0.15, -0.1) is 0 Å². The minimum absolute atomic E-state index is 0.107. The normalized spacial score (nSPS) is 13.5. The van der Waals surface area contributed by atoms with Crippen LogP contribution in [-0.2, 0) is 0 Å². The molecule has 6 nitrogen and oxygen atoms in total. The van der Waals surface area contributed by atoms with Crippen LogP contribution < -0.4 is 4.90 Å². The summed E-state index contributed by atoms with van der Waals surface area (Å²) in [6, 6.07) is 9.17. The molecular formula is C15H9BrN2O4. The topological polar surface area (TPSA) is 80.5 Å². The molecule has 2 aromatic carbocycles. The van der Waals surface area contributed by atoms with E-state index in [1.54, 1.807) is 31.2 Å². The summed E-state index contributed by atoms with van der Waals surface area (Å²) in [6.45, 7) is 1.62. The fourth-order valence-electron chi connectivity index (χ4n) is 2.50. The summed E-state index contributed by atoms with van der Waals surface area (Å²) in [4.78, 5) is 36.4.